The largest absolute Gasteiger partial charge is 0.491 e. The lowest BCUT2D eigenvalue weighted by atomic mass is 9.88. The Balaban J connectivity index is 1.09. The van der Waals surface area contributed by atoms with Crippen LogP contribution in [0, 0.1) is 0 Å². The molecule has 2 fully saturated rings. The molecule has 3 aromatic rings. The number of sulfonamides is 2. The summed E-state index contributed by atoms with van der Waals surface area (Å²) in [5, 5.41) is 13.7. The number of nitrogens with zero attached hydrogens (tertiary/aromatic N) is 4. The van der Waals surface area contributed by atoms with Crippen LogP contribution in [0.1, 0.15) is 19.3 Å². The van der Waals surface area contributed by atoms with Gasteiger partial charge in [-0.2, -0.15) is 4.31 Å². The second kappa shape index (κ2) is 11.3. The number of aryl methyl sites for hydroxylation is 1. The van der Waals surface area contributed by atoms with E-state index in [0.29, 0.717) is 55.9 Å². The van der Waals surface area contributed by atoms with Crippen LogP contribution in [0.3, 0.4) is 0 Å². The summed E-state index contributed by atoms with van der Waals surface area (Å²) in [6.45, 7) is 1.41. The minimum atomic E-state index is -3.70. The SMILES string of the molecule is CNS(=O)(=O)c1cccc(OC[C@@H](O)CNC2COC3(CCN(S(=O)(=O)c4cnc5ncn(C)c5c4)CC3)C2)c1. The van der Waals surface area contributed by atoms with Crippen molar-refractivity contribution in [2.45, 2.75) is 46.8 Å². The van der Waals surface area contributed by atoms with E-state index in [9.17, 15) is 21.9 Å². The van der Waals surface area contributed by atoms with Gasteiger partial charge in [0.05, 0.1) is 28.9 Å². The molecule has 0 amide bonds. The van der Waals surface area contributed by atoms with Crippen molar-refractivity contribution in [1.82, 2.24) is 28.9 Å². The molecule has 4 heterocycles. The fourth-order valence-electron chi connectivity index (χ4n) is 5.14. The van der Waals surface area contributed by atoms with Gasteiger partial charge in [0.1, 0.15) is 23.4 Å². The molecule has 15 heteroatoms. The Hall–Kier alpha value is -2.66. The van der Waals surface area contributed by atoms with Gasteiger partial charge >= 0.3 is 0 Å². The number of hydrogen-bond acceptors (Lipinski definition) is 10. The number of aliphatic hydroxyl groups excluding tert-OH is 1. The number of aromatic nitrogens is 3. The number of nitrogens with one attached hydrogen (secondary N) is 2. The zero-order valence-corrected chi connectivity index (χ0v) is 24.0. The van der Waals surface area contributed by atoms with E-state index in [1.807, 2.05) is 0 Å². The average Bonchev–Trinajstić information content (AvgIpc) is 3.53. The third-order valence-corrected chi connectivity index (χ3v) is 10.8. The summed E-state index contributed by atoms with van der Waals surface area (Å²) >= 11 is 0. The van der Waals surface area contributed by atoms with Gasteiger partial charge in [-0.1, -0.05) is 6.07 Å². The monoisotopic (exact) mass is 594 g/mol. The number of aliphatic hydroxyl groups is 1. The Morgan fingerprint density at radius 2 is 1.95 bits per heavy atom. The van der Waals surface area contributed by atoms with Crippen LogP contribution < -0.4 is 14.8 Å². The lowest BCUT2D eigenvalue weighted by Gasteiger charge is -2.38. The Morgan fingerprint density at radius 3 is 2.70 bits per heavy atom. The first-order chi connectivity index (χ1) is 19.0. The molecule has 1 unspecified atom stereocenters. The molecule has 2 aliphatic rings. The van der Waals surface area contributed by atoms with Crippen molar-refractivity contribution in [3.63, 3.8) is 0 Å². The van der Waals surface area contributed by atoms with Gasteiger partial charge in [0.2, 0.25) is 20.0 Å². The van der Waals surface area contributed by atoms with E-state index in [4.69, 9.17) is 9.47 Å². The molecule has 5 rings (SSSR count). The summed E-state index contributed by atoms with van der Waals surface area (Å²) in [6.07, 6.45) is 3.99. The van der Waals surface area contributed by atoms with Crippen molar-refractivity contribution in [2.75, 3.05) is 39.9 Å². The first-order valence-electron chi connectivity index (χ1n) is 13.0. The Morgan fingerprint density at radius 1 is 1.18 bits per heavy atom. The molecular weight excluding hydrogens is 560 g/mol. The normalized spacial score (nSPS) is 20.7. The predicted octanol–water partition coefficient (Wildman–Crippen LogP) is 0.218. The van der Waals surface area contributed by atoms with Gasteiger partial charge in [-0.05, 0) is 44.5 Å². The number of pyridine rings is 1. The second-order valence-electron chi connectivity index (χ2n) is 10.2. The van der Waals surface area contributed by atoms with E-state index in [2.05, 4.69) is 20.0 Å². The highest BCUT2D eigenvalue weighted by molar-refractivity contribution is 7.89. The van der Waals surface area contributed by atoms with Crippen LogP contribution >= 0.6 is 0 Å². The number of rotatable bonds is 10. The summed E-state index contributed by atoms with van der Waals surface area (Å²) in [4.78, 5) is 8.58. The summed E-state index contributed by atoms with van der Waals surface area (Å²) in [5.41, 5.74) is 0.752. The first-order valence-corrected chi connectivity index (χ1v) is 15.9. The zero-order chi connectivity index (χ0) is 28.5. The van der Waals surface area contributed by atoms with Crippen LogP contribution in [0.15, 0.2) is 52.6 Å². The maximum Gasteiger partial charge on any atom is 0.244 e. The van der Waals surface area contributed by atoms with Gasteiger partial charge in [0.15, 0.2) is 5.65 Å². The van der Waals surface area contributed by atoms with Crippen LogP contribution in [-0.2, 0) is 31.8 Å². The number of fused-ring (bicyclic) bond motifs is 1. The quantitative estimate of drug-likeness (QED) is 0.296. The highest BCUT2D eigenvalue weighted by atomic mass is 32.2. The van der Waals surface area contributed by atoms with Gasteiger partial charge in [-0.3, -0.25) is 0 Å². The highest BCUT2D eigenvalue weighted by Crippen LogP contribution is 2.37. The van der Waals surface area contributed by atoms with Gasteiger partial charge in [-0.15, -0.1) is 0 Å². The van der Waals surface area contributed by atoms with Crippen molar-refractivity contribution in [3.8, 4) is 5.75 Å². The Kier molecular flexibility index (Phi) is 8.16. The summed E-state index contributed by atoms with van der Waals surface area (Å²) in [7, 11) is -4.15. The third-order valence-electron chi connectivity index (χ3n) is 7.50. The molecule has 218 valence electrons. The molecule has 0 bridgehead atoms. The fraction of sp³-hybridized carbons (Fsp3) is 0.520. The van der Waals surface area contributed by atoms with Crippen LogP contribution in [0.2, 0.25) is 0 Å². The number of benzene rings is 1. The van der Waals surface area contributed by atoms with Crippen LogP contribution in [0.5, 0.6) is 5.75 Å². The van der Waals surface area contributed by atoms with Crippen molar-refractivity contribution < 1.29 is 31.4 Å². The number of imidazole rings is 1. The minimum absolute atomic E-state index is 0.0124. The molecule has 3 N–H and O–H groups in total. The molecular formula is C25H34N6O7S2. The molecule has 2 aromatic heterocycles. The van der Waals surface area contributed by atoms with E-state index in [1.165, 1.54) is 29.7 Å². The minimum Gasteiger partial charge on any atom is -0.491 e. The molecule has 0 saturated carbocycles. The van der Waals surface area contributed by atoms with Crippen molar-refractivity contribution in [1.29, 1.82) is 0 Å². The predicted molar refractivity (Wildman–Crippen MR) is 146 cm³/mol. The van der Waals surface area contributed by atoms with E-state index in [0.717, 1.165) is 0 Å². The number of hydrogen-bond donors (Lipinski definition) is 3. The van der Waals surface area contributed by atoms with Crippen molar-refractivity contribution in [3.05, 3.63) is 42.9 Å². The van der Waals surface area contributed by atoms with Crippen molar-refractivity contribution in [2.24, 2.45) is 7.05 Å². The third kappa shape index (κ3) is 6.00. The summed E-state index contributed by atoms with van der Waals surface area (Å²) in [5.74, 6) is 0.344. The molecule has 2 aliphatic heterocycles. The molecule has 0 radical (unpaired) electrons. The molecule has 40 heavy (non-hydrogen) atoms. The highest BCUT2D eigenvalue weighted by Gasteiger charge is 2.44. The molecule has 13 nitrogen and oxygen atoms in total. The van der Waals surface area contributed by atoms with Crippen LogP contribution in [0.25, 0.3) is 11.2 Å². The summed E-state index contributed by atoms with van der Waals surface area (Å²) < 4.78 is 67.7. The number of piperidine rings is 1. The Labute approximate surface area is 233 Å². The van der Waals surface area contributed by atoms with Gasteiger partial charge in [-0.25, -0.2) is 31.5 Å². The molecule has 2 atom stereocenters. The maximum absolute atomic E-state index is 13.3. The molecule has 2 saturated heterocycles. The van der Waals surface area contributed by atoms with Gasteiger partial charge < -0.3 is 24.5 Å². The van der Waals surface area contributed by atoms with Crippen molar-refractivity contribution >= 4 is 31.2 Å². The fourth-order valence-corrected chi connectivity index (χ4v) is 7.31. The van der Waals surface area contributed by atoms with E-state index < -0.39 is 31.8 Å². The van der Waals surface area contributed by atoms with Gasteiger partial charge in [0, 0.05) is 45.0 Å². The lowest BCUT2D eigenvalue weighted by Crippen LogP contribution is -2.47. The zero-order valence-electron chi connectivity index (χ0n) is 22.4. The number of ether oxygens (including phenoxy) is 2. The second-order valence-corrected chi connectivity index (χ2v) is 14.0. The summed E-state index contributed by atoms with van der Waals surface area (Å²) in [6, 6.07) is 7.69. The van der Waals surface area contributed by atoms with E-state index >= 15 is 0 Å². The molecule has 0 aliphatic carbocycles. The van der Waals surface area contributed by atoms with E-state index in [1.54, 1.807) is 36.1 Å². The standard InChI is InChI=1S/C25H34N6O7S2/c1-26-39(33,34)21-5-3-4-20(10-21)37-16-19(32)13-27-18-12-25(38-15-18)6-8-31(9-7-25)40(35,36)22-11-23-24(28-14-22)29-17-30(23)2/h3-5,10-11,14,17-19,26-27,32H,6-9,12-13,15-16H2,1-2H3/t18?,19-/m0/s1. The maximum atomic E-state index is 13.3. The molecule has 1 aromatic carbocycles. The van der Waals surface area contributed by atoms with E-state index in [-0.39, 0.29) is 29.0 Å². The average molecular weight is 595 g/mol. The molecule has 1 spiro atoms. The lowest BCUT2D eigenvalue weighted by molar-refractivity contribution is -0.0312. The van der Waals surface area contributed by atoms with Crippen LogP contribution in [-0.4, -0.2) is 98.4 Å². The van der Waals surface area contributed by atoms with Crippen LogP contribution in [0.4, 0.5) is 0 Å². The first kappa shape index (κ1) is 28.9. The Bertz CT molecular complexity index is 1570. The topological polar surface area (TPSA) is 165 Å². The van der Waals surface area contributed by atoms with Gasteiger partial charge in [0.25, 0.3) is 0 Å². The smallest absolute Gasteiger partial charge is 0.244 e.